The highest BCUT2D eigenvalue weighted by Crippen LogP contribution is 2.41. The maximum atomic E-state index is 13.3. The third-order valence-electron chi connectivity index (χ3n) is 4.52. The molecule has 3 rings (SSSR count). The van der Waals surface area contributed by atoms with E-state index in [0.29, 0.717) is 39.3 Å². The highest BCUT2D eigenvalue weighted by Gasteiger charge is 2.42. The van der Waals surface area contributed by atoms with Crippen LogP contribution in [0.4, 0.5) is 0 Å². The lowest BCUT2D eigenvalue weighted by Gasteiger charge is -2.25. The van der Waals surface area contributed by atoms with Gasteiger partial charge in [-0.05, 0) is 58.6 Å². The SMILES string of the molecule is CCCOC(=O)C(c1ccccc1)N1C(=O)/C(=C/c2cc(Br)c(O)c(OCC)c2)SC1=S. The Morgan fingerprint density at radius 3 is 2.66 bits per heavy atom. The van der Waals surface area contributed by atoms with Crippen molar-refractivity contribution >= 4 is 62.2 Å². The second-order valence-electron chi connectivity index (χ2n) is 6.81. The van der Waals surface area contributed by atoms with E-state index >= 15 is 0 Å². The smallest absolute Gasteiger partial charge is 0.333 e. The van der Waals surface area contributed by atoms with Gasteiger partial charge in [0.15, 0.2) is 17.5 Å². The average molecular weight is 536 g/mol. The summed E-state index contributed by atoms with van der Waals surface area (Å²) in [6.45, 7) is 4.35. The predicted molar refractivity (Wildman–Crippen MR) is 132 cm³/mol. The van der Waals surface area contributed by atoms with Crippen LogP contribution in [0.25, 0.3) is 6.08 Å². The molecule has 1 saturated heterocycles. The lowest BCUT2D eigenvalue weighted by molar-refractivity contribution is -0.151. The molecule has 6 nitrogen and oxygen atoms in total. The van der Waals surface area contributed by atoms with Crippen LogP contribution < -0.4 is 4.74 Å². The lowest BCUT2D eigenvalue weighted by atomic mass is 10.1. The number of esters is 1. The third kappa shape index (κ3) is 5.33. The van der Waals surface area contributed by atoms with Crippen molar-refractivity contribution in [3.05, 3.63) is 63.0 Å². The van der Waals surface area contributed by atoms with Crippen molar-refractivity contribution < 1.29 is 24.2 Å². The Balaban J connectivity index is 1.97. The highest BCUT2D eigenvalue weighted by molar-refractivity contribution is 9.10. The summed E-state index contributed by atoms with van der Waals surface area (Å²) in [5.41, 5.74) is 1.26. The van der Waals surface area contributed by atoms with Gasteiger partial charge in [0.1, 0.15) is 4.32 Å². The van der Waals surface area contributed by atoms with Gasteiger partial charge in [-0.25, -0.2) is 4.79 Å². The molecule has 1 amide bonds. The number of hydrogen-bond acceptors (Lipinski definition) is 7. The van der Waals surface area contributed by atoms with E-state index in [1.807, 2.05) is 19.9 Å². The summed E-state index contributed by atoms with van der Waals surface area (Å²) in [5.74, 6) is -0.626. The second-order valence-corrected chi connectivity index (χ2v) is 9.35. The van der Waals surface area contributed by atoms with Crippen molar-refractivity contribution in [1.29, 1.82) is 0 Å². The topological polar surface area (TPSA) is 76.1 Å². The first-order valence-electron chi connectivity index (χ1n) is 10.0. The fourth-order valence-corrected chi connectivity index (χ4v) is 4.88. The first kappa shape index (κ1) is 24.3. The monoisotopic (exact) mass is 535 g/mol. The Hall–Kier alpha value is -2.36. The molecular weight excluding hydrogens is 514 g/mol. The van der Waals surface area contributed by atoms with E-state index in [4.69, 9.17) is 21.7 Å². The Morgan fingerprint density at radius 2 is 2.00 bits per heavy atom. The van der Waals surface area contributed by atoms with Gasteiger partial charge in [-0.15, -0.1) is 0 Å². The first-order chi connectivity index (χ1) is 15.4. The molecule has 0 spiro atoms. The van der Waals surface area contributed by atoms with Gasteiger partial charge in [0.2, 0.25) is 0 Å². The van der Waals surface area contributed by atoms with Crippen LogP contribution >= 0.6 is 39.9 Å². The van der Waals surface area contributed by atoms with Crippen molar-refractivity contribution in [3.8, 4) is 11.5 Å². The number of thioether (sulfide) groups is 1. The molecule has 168 valence electrons. The molecule has 1 heterocycles. The van der Waals surface area contributed by atoms with Crippen LogP contribution in [0.5, 0.6) is 11.5 Å². The van der Waals surface area contributed by atoms with E-state index < -0.39 is 12.0 Å². The number of halogens is 1. The summed E-state index contributed by atoms with van der Waals surface area (Å²) in [6.07, 6.45) is 2.33. The normalized spacial score (nSPS) is 15.8. The molecule has 9 heteroatoms. The lowest BCUT2D eigenvalue weighted by Crippen LogP contribution is -2.38. The van der Waals surface area contributed by atoms with E-state index in [1.54, 1.807) is 42.5 Å². The third-order valence-corrected chi connectivity index (χ3v) is 6.45. The van der Waals surface area contributed by atoms with Gasteiger partial charge in [0, 0.05) is 0 Å². The van der Waals surface area contributed by atoms with E-state index in [9.17, 15) is 14.7 Å². The molecule has 0 radical (unpaired) electrons. The molecule has 2 aromatic rings. The van der Waals surface area contributed by atoms with Gasteiger partial charge in [-0.3, -0.25) is 9.69 Å². The molecule has 1 atom stereocenters. The Kier molecular flexibility index (Phi) is 8.33. The molecule has 1 fully saturated rings. The number of hydrogen-bond donors (Lipinski definition) is 1. The van der Waals surface area contributed by atoms with Crippen LogP contribution in [0.15, 0.2) is 51.8 Å². The fraction of sp³-hybridized carbons (Fsp3) is 0.261. The fourth-order valence-electron chi connectivity index (χ4n) is 3.10. The molecule has 2 aromatic carbocycles. The number of carbonyl (C=O) groups is 2. The molecule has 1 N–H and O–H groups in total. The molecule has 1 unspecified atom stereocenters. The van der Waals surface area contributed by atoms with Gasteiger partial charge < -0.3 is 14.6 Å². The quantitative estimate of drug-likeness (QED) is 0.273. The maximum Gasteiger partial charge on any atom is 0.333 e. The van der Waals surface area contributed by atoms with Crippen LogP contribution in [0, 0.1) is 0 Å². The van der Waals surface area contributed by atoms with Crippen LogP contribution in [0.3, 0.4) is 0 Å². The largest absolute Gasteiger partial charge is 0.503 e. The van der Waals surface area contributed by atoms with E-state index in [1.165, 1.54) is 4.90 Å². The zero-order valence-corrected chi connectivity index (χ0v) is 20.8. The Bertz CT molecular complexity index is 1060. The molecule has 0 bridgehead atoms. The van der Waals surface area contributed by atoms with Gasteiger partial charge in [0.05, 0.1) is 22.6 Å². The standard InChI is InChI=1S/C23H22BrNO5S2/c1-3-10-30-22(28)19(15-8-6-5-7-9-15)25-21(27)18(32-23(25)31)13-14-11-16(24)20(26)17(12-14)29-4-2/h5-9,11-13,19,26H,3-4,10H2,1-2H3/b18-13-. The molecule has 1 aliphatic heterocycles. The van der Waals surface area contributed by atoms with E-state index in [2.05, 4.69) is 15.9 Å². The maximum absolute atomic E-state index is 13.3. The number of ether oxygens (including phenoxy) is 2. The zero-order chi connectivity index (χ0) is 23.3. The van der Waals surface area contributed by atoms with Gasteiger partial charge in [-0.1, -0.05) is 61.2 Å². The molecule has 32 heavy (non-hydrogen) atoms. The van der Waals surface area contributed by atoms with E-state index in [-0.39, 0.29) is 22.6 Å². The van der Waals surface area contributed by atoms with Gasteiger partial charge in [0.25, 0.3) is 5.91 Å². The number of thiocarbonyl (C=S) groups is 1. The molecular formula is C23H22BrNO5S2. The molecule has 1 aliphatic rings. The van der Waals surface area contributed by atoms with Crippen molar-refractivity contribution in [2.24, 2.45) is 0 Å². The summed E-state index contributed by atoms with van der Waals surface area (Å²) < 4.78 is 11.5. The number of phenols is 1. The zero-order valence-electron chi connectivity index (χ0n) is 17.5. The van der Waals surface area contributed by atoms with Gasteiger partial charge in [-0.2, -0.15) is 0 Å². The van der Waals surface area contributed by atoms with Crippen LogP contribution in [0.1, 0.15) is 37.4 Å². The van der Waals surface area contributed by atoms with Crippen LogP contribution in [-0.4, -0.2) is 39.4 Å². The average Bonchev–Trinajstić information content (AvgIpc) is 3.04. The highest BCUT2D eigenvalue weighted by atomic mass is 79.9. The van der Waals surface area contributed by atoms with Crippen LogP contribution in [0.2, 0.25) is 0 Å². The predicted octanol–water partition coefficient (Wildman–Crippen LogP) is 5.45. The minimum Gasteiger partial charge on any atom is -0.503 e. The first-order valence-corrected chi connectivity index (χ1v) is 12.0. The number of amides is 1. The molecule has 0 aliphatic carbocycles. The Morgan fingerprint density at radius 1 is 1.28 bits per heavy atom. The molecule has 0 aromatic heterocycles. The van der Waals surface area contributed by atoms with Crippen molar-refractivity contribution in [2.45, 2.75) is 26.3 Å². The summed E-state index contributed by atoms with van der Waals surface area (Å²) >= 11 is 9.89. The summed E-state index contributed by atoms with van der Waals surface area (Å²) in [5, 5.41) is 10.1. The Labute approximate surface area is 204 Å². The number of benzene rings is 2. The summed E-state index contributed by atoms with van der Waals surface area (Å²) in [6, 6.07) is 11.3. The number of phenolic OH excluding ortho intramolecular Hbond substituents is 1. The van der Waals surface area contributed by atoms with Crippen molar-refractivity contribution in [2.75, 3.05) is 13.2 Å². The second kappa shape index (κ2) is 11.0. The number of carbonyl (C=O) groups excluding carboxylic acids is 2. The van der Waals surface area contributed by atoms with Crippen LogP contribution in [-0.2, 0) is 14.3 Å². The van der Waals surface area contributed by atoms with Crippen molar-refractivity contribution in [1.82, 2.24) is 4.90 Å². The number of rotatable bonds is 8. The minimum absolute atomic E-state index is 0.0145. The van der Waals surface area contributed by atoms with Crippen molar-refractivity contribution in [3.63, 3.8) is 0 Å². The summed E-state index contributed by atoms with van der Waals surface area (Å²) in [4.78, 5) is 27.9. The molecule has 0 saturated carbocycles. The van der Waals surface area contributed by atoms with Gasteiger partial charge >= 0.3 is 5.97 Å². The minimum atomic E-state index is -0.966. The number of nitrogens with zero attached hydrogens (tertiary/aromatic N) is 1. The number of aromatic hydroxyl groups is 1. The summed E-state index contributed by atoms with van der Waals surface area (Å²) in [7, 11) is 0. The van der Waals surface area contributed by atoms with E-state index in [0.717, 1.165) is 11.8 Å².